The van der Waals surface area contributed by atoms with Gasteiger partial charge in [0.05, 0.1) is 34.2 Å². The van der Waals surface area contributed by atoms with E-state index < -0.39 is 53.1 Å². The number of hydrogen-bond acceptors (Lipinski definition) is 11. The van der Waals surface area contributed by atoms with E-state index in [0.29, 0.717) is 22.3 Å². The van der Waals surface area contributed by atoms with Crippen LogP contribution in [-0.2, 0) is 32.3 Å². The van der Waals surface area contributed by atoms with Crippen LogP contribution in [0.15, 0.2) is 78.9 Å². The van der Waals surface area contributed by atoms with Gasteiger partial charge in [0.15, 0.2) is 13.2 Å². The Morgan fingerprint density at radius 1 is 0.680 bits per heavy atom. The molecule has 0 radical (unpaired) electrons. The van der Waals surface area contributed by atoms with E-state index in [1.165, 1.54) is 43.4 Å². The van der Waals surface area contributed by atoms with Gasteiger partial charge in [-0.2, -0.15) is 0 Å². The van der Waals surface area contributed by atoms with Crippen molar-refractivity contribution in [2.24, 2.45) is 0 Å². The van der Waals surface area contributed by atoms with E-state index in [1.807, 2.05) is 0 Å². The fourth-order valence-corrected chi connectivity index (χ4v) is 5.54. The van der Waals surface area contributed by atoms with E-state index in [9.17, 15) is 34.6 Å². The lowest BCUT2D eigenvalue weighted by atomic mass is 9.81. The molecule has 0 fully saturated rings. The number of rotatable bonds is 15. The summed E-state index contributed by atoms with van der Waals surface area (Å²) in [7, 11) is 1.47. The van der Waals surface area contributed by atoms with Crippen molar-refractivity contribution in [2.75, 3.05) is 20.3 Å². The summed E-state index contributed by atoms with van der Waals surface area (Å²) in [6.45, 7) is -1.92. The molecule has 258 valence electrons. The zero-order chi connectivity index (χ0) is 35.9. The van der Waals surface area contributed by atoms with Gasteiger partial charge in [0.25, 0.3) is 17.3 Å². The molecule has 0 heterocycles. The summed E-state index contributed by atoms with van der Waals surface area (Å²) < 4.78 is 23.2. The normalized spacial score (nSPS) is 14.5. The first kappa shape index (κ1) is 34.9. The zero-order valence-electron chi connectivity index (χ0n) is 26.3. The van der Waals surface area contributed by atoms with Crippen LogP contribution in [0.5, 0.6) is 11.5 Å². The van der Waals surface area contributed by atoms with Gasteiger partial charge in [0.2, 0.25) is 0 Å². The minimum Gasteiger partial charge on any atom is -0.482 e. The van der Waals surface area contributed by atoms with Crippen LogP contribution in [-0.4, -0.2) is 58.2 Å². The van der Waals surface area contributed by atoms with Gasteiger partial charge in [-0.1, -0.05) is 30.3 Å². The van der Waals surface area contributed by atoms with Crippen LogP contribution in [0.4, 0.5) is 11.4 Å². The van der Waals surface area contributed by atoms with Crippen molar-refractivity contribution >= 4 is 29.2 Å². The van der Waals surface area contributed by atoms with E-state index in [-0.39, 0.29) is 52.8 Å². The third-order valence-electron chi connectivity index (χ3n) is 7.73. The summed E-state index contributed by atoms with van der Waals surface area (Å²) in [5.41, 5.74) is 2.20. The number of carboxylic acid groups (broad SMARTS) is 2. The molecule has 2 atom stereocenters. The Labute approximate surface area is 283 Å². The number of carbonyl (C=O) groups is 3. The van der Waals surface area contributed by atoms with E-state index in [4.69, 9.17) is 29.2 Å². The number of carboxylic acids is 2. The van der Waals surface area contributed by atoms with Crippen LogP contribution < -0.4 is 14.8 Å². The molecule has 16 nitrogen and oxygen atoms in total. The monoisotopic (exact) mass is 687 g/mol. The number of nitrogens with zero attached hydrogens (tertiary/aromatic N) is 2. The van der Waals surface area contributed by atoms with Crippen LogP contribution in [0.3, 0.4) is 0 Å². The molecule has 5 rings (SSSR count). The summed E-state index contributed by atoms with van der Waals surface area (Å²) >= 11 is 0. The SMILES string of the molecule is CNC(=O)c1ccc2c(c1)C(OCc1cc(OCC(=O)O)ccc1[N+](=O)[O-])c1ccccc1C2OCc1cc(OCC(=O)O)ccc1[N+](=O)[O-]. The maximum absolute atomic E-state index is 12.7. The number of fused-ring (bicyclic) bond motifs is 2. The number of nitro groups is 2. The molecule has 2 unspecified atom stereocenters. The van der Waals surface area contributed by atoms with Crippen molar-refractivity contribution in [1.29, 1.82) is 0 Å². The third-order valence-corrected chi connectivity index (χ3v) is 7.73. The highest BCUT2D eigenvalue weighted by Gasteiger charge is 2.35. The summed E-state index contributed by atoms with van der Waals surface area (Å²) in [5, 5.41) is 44.2. The Balaban J connectivity index is 1.53. The van der Waals surface area contributed by atoms with Crippen molar-refractivity contribution in [2.45, 2.75) is 25.4 Å². The van der Waals surface area contributed by atoms with Crippen molar-refractivity contribution in [3.05, 3.63) is 138 Å². The first-order valence-corrected chi connectivity index (χ1v) is 14.9. The molecule has 50 heavy (non-hydrogen) atoms. The van der Waals surface area contributed by atoms with Crippen molar-refractivity contribution in [3.8, 4) is 11.5 Å². The summed E-state index contributed by atoms with van der Waals surface area (Å²) in [5.74, 6) is -2.66. The fourth-order valence-electron chi connectivity index (χ4n) is 5.54. The predicted octanol–water partition coefficient (Wildman–Crippen LogP) is 4.72. The molecule has 3 N–H and O–H groups in total. The largest absolute Gasteiger partial charge is 0.482 e. The van der Waals surface area contributed by atoms with Gasteiger partial charge >= 0.3 is 11.9 Å². The number of nitro benzene ring substituents is 2. The molecule has 0 aromatic heterocycles. The fraction of sp³-hybridized carbons (Fsp3) is 0.206. The second kappa shape index (κ2) is 15.2. The molecule has 1 aliphatic rings. The standard InChI is InChI=1S/C34H29N3O13/c1-35-34(42)19-6-9-26-27(14-19)33(50-16-21-13-23(48-18-31(40)41)8-11-29(21)37(45)46)25-5-3-2-4-24(25)32(26)49-15-20-12-22(47-17-30(38)39)7-10-28(20)36(43)44/h2-14,32-33H,15-18H2,1H3,(H,35,42)(H,38,39)(H,40,41). The van der Waals surface area contributed by atoms with E-state index in [1.54, 1.807) is 42.5 Å². The van der Waals surface area contributed by atoms with Gasteiger partial charge in [-0.25, -0.2) is 9.59 Å². The van der Waals surface area contributed by atoms with Gasteiger partial charge in [-0.3, -0.25) is 25.0 Å². The van der Waals surface area contributed by atoms with Crippen LogP contribution in [0.2, 0.25) is 0 Å². The maximum atomic E-state index is 12.7. The minimum atomic E-state index is -1.23. The first-order valence-electron chi connectivity index (χ1n) is 14.9. The van der Waals surface area contributed by atoms with Crippen LogP contribution >= 0.6 is 0 Å². The Morgan fingerprint density at radius 2 is 1.14 bits per heavy atom. The molecule has 0 saturated heterocycles. The van der Waals surface area contributed by atoms with Gasteiger partial charge in [-0.05, 0) is 58.7 Å². The Morgan fingerprint density at radius 3 is 1.58 bits per heavy atom. The zero-order valence-corrected chi connectivity index (χ0v) is 26.3. The molecular formula is C34H29N3O13. The van der Waals surface area contributed by atoms with Crippen LogP contribution in [0.1, 0.15) is 55.9 Å². The van der Waals surface area contributed by atoms with Gasteiger partial charge in [0.1, 0.15) is 23.7 Å². The van der Waals surface area contributed by atoms with E-state index in [0.717, 1.165) is 0 Å². The highest BCUT2D eigenvalue weighted by Crippen LogP contribution is 2.46. The number of aliphatic carboxylic acids is 2. The van der Waals surface area contributed by atoms with Crippen LogP contribution in [0, 0.1) is 20.2 Å². The Kier molecular flexibility index (Phi) is 10.6. The second-order valence-electron chi connectivity index (χ2n) is 10.9. The third kappa shape index (κ3) is 7.83. The number of ether oxygens (including phenoxy) is 4. The molecule has 0 spiro atoms. The van der Waals surface area contributed by atoms with Gasteiger partial charge in [-0.15, -0.1) is 0 Å². The first-order chi connectivity index (χ1) is 24.0. The lowest BCUT2D eigenvalue weighted by Crippen LogP contribution is -2.24. The topological polar surface area (TPSA) is 227 Å². The van der Waals surface area contributed by atoms with E-state index >= 15 is 0 Å². The molecule has 0 saturated carbocycles. The molecular weight excluding hydrogens is 658 g/mol. The Hall–Kier alpha value is -6.39. The number of carbonyl (C=O) groups excluding carboxylic acids is 1. The highest BCUT2D eigenvalue weighted by atomic mass is 16.6. The van der Waals surface area contributed by atoms with Crippen LogP contribution in [0.25, 0.3) is 0 Å². The lowest BCUT2D eigenvalue weighted by molar-refractivity contribution is -0.386. The summed E-state index contributed by atoms with van der Waals surface area (Å²) in [6.07, 6.45) is -1.71. The molecule has 16 heteroatoms. The minimum absolute atomic E-state index is 0.0861. The molecule has 4 aromatic carbocycles. The average molecular weight is 688 g/mol. The summed E-state index contributed by atoms with van der Waals surface area (Å²) in [4.78, 5) is 57.2. The predicted molar refractivity (Wildman–Crippen MR) is 172 cm³/mol. The lowest BCUT2D eigenvalue weighted by Gasteiger charge is -2.34. The van der Waals surface area contributed by atoms with Crippen molar-refractivity contribution in [1.82, 2.24) is 5.32 Å². The highest BCUT2D eigenvalue weighted by molar-refractivity contribution is 5.94. The summed E-state index contributed by atoms with van der Waals surface area (Å²) in [6, 6.07) is 19.5. The van der Waals surface area contributed by atoms with Gasteiger partial charge in [0, 0.05) is 24.7 Å². The molecule has 1 aliphatic carbocycles. The average Bonchev–Trinajstić information content (AvgIpc) is 3.10. The number of amides is 1. The molecule has 0 aliphatic heterocycles. The molecule has 4 aromatic rings. The number of nitrogens with one attached hydrogen (secondary N) is 1. The smallest absolute Gasteiger partial charge is 0.341 e. The van der Waals surface area contributed by atoms with Crippen molar-refractivity contribution < 1.29 is 53.4 Å². The van der Waals surface area contributed by atoms with Gasteiger partial charge < -0.3 is 34.5 Å². The van der Waals surface area contributed by atoms with E-state index in [2.05, 4.69) is 5.32 Å². The number of benzene rings is 4. The Bertz CT molecular complexity index is 1980. The second-order valence-corrected chi connectivity index (χ2v) is 10.9. The molecule has 1 amide bonds. The maximum Gasteiger partial charge on any atom is 0.341 e. The number of hydrogen-bond donors (Lipinski definition) is 3. The quantitative estimate of drug-likeness (QED) is 0.114. The molecule has 0 bridgehead atoms. The van der Waals surface area contributed by atoms with Crippen molar-refractivity contribution in [3.63, 3.8) is 0 Å².